The van der Waals surface area contributed by atoms with Gasteiger partial charge in [0, 0.05) is 11.3 Å². The van der Waals surface area contributed by atoms with Crippen molar-refractivity contribution < 1.29 is 14.4 Å². The lowest BCUT2D eigenvalue weighted by Gasteiger charge is -2.19. The lowest BCUT2D eigenvalue weighted by Crippen LogP contribution is -2.37. The standard InChI is InChI=1S/C18H16N2O3/c1-13-17(22)19(12-16(21)14-8-4-2-5-9-14)18(23)20(13)15-10-6-3-7-11-15/h2-11,13H,12H2,1H3/t13-/m1/s1. The smallest absolute Gasteiger partial charge is 0.292 e. The number of hydrogen-bond donors (Lipinski definition) is 0. The van der Waals surface area contributed by atoms with Crippen molar-refractivity contribution in [2.24, 2.45) is 0 Å². The Balaban J connectivity index is 1.83. The molecule has 2 aromatic rings. The van der Waals surface area contributed by atoms with E-state index in [1.165, 1.54) is 4.90 Å². The summed E-state index contributed by atoms with van der Waals surface area (Å²) in [5.41, 5.74) is 1.13. The molecule has 3 amide bonds. The highest BCUT2D eigenvalue weighted by Gasteiger charge is 2.43. The molecule has 5 heteroatoms. The van der Waals surface area contributed by atoms with E-state index in [1.807, 2.05) is 12.1 Å². The van der Waals surface area contributed by atoms with Gasteiger partial charge in [-0.25, -0.2) is 4.79 Å². The van der Waals surface area contributed by atoms with Crippen LogP contribution in [0.2, 0.25) is 0 Å². The number of Topliss-reactive ketones (excluding diaryl/α,β-unsaturated/α-hetero) is 1. The number of rotatable bonds is 4. The molecule has 1 saturated heterocycles. The quantitative estimate of drug-likeness (QED) is 0.644. The van der Waals surface area contributed by atoms with Crippen molar-refractivity contribution in [3.63, 3.8) is 0 Å². The van der Waals surface area contributed by atoms with Crippen LogP contribution in [0.4, 0.5) is 10.5 Å². The highest BCUT2D eigenvalue weighted by Crippen LogP contribution is 2.25. The van der Waals surface area contributed by atoms with E-state index in [2.05, 4.69) is 0 Å². The first-order valence-electron chi connectivity index (χ1n) is 7.37. The molecule has 0 N–H and O–H groups in total. The van der Waals surface area contributed by atoms with E-state index in [1.54, 1.807) is 55.5 Å². The zero-order chi connectivity index (χ0) is 16.4. The number of hydrogen-bond acceptors (Lipinski definition) is 3. The number of nitrogens with zero attached hydrogens (tertiary/aromatic N) is 2. The molecule has 0 aliphatic carbocycles. The van der Waals surface area contributed by atoms with Crippen molar-refractivity contribution in [3.05, 3.63) is 66.2 Å². The fourth-order valence-corrected chi connectivity index (χ4v) is 2.65. The molecule has 0 spiro atoms. The van der Waals surface area contributed by atoms with Crippen molar-refractivity contribution in [1.82, 2.24) is 4.90 Å². The second kappa shape index (κ2) is 6.04. The fourth-order valence-electron chi connectivity index (χ4n) is 2.65. The molecule has 0 aromatic heterocycles. The Bertz CT molecular complexity index is 743. The van der Waals surface area contributed by atoms with Crippen molar-refractivity contribution in [1.29, 1.82) is 0 Å². The molecule has 1 fully saturated rings. The third-order valence-electron chi connectivity index (χ3n) is 3.88. The molecule has 1 heterocycles. The molecule has 0 saturated carbocycles. The first-order valence-corrected chi connectivity index (χ1v) is 7.37. The van der Waals surface area contributed by atoms with Gasteiger partial charge in [-0.2, -0.15) is 0 Å². The van der Waals surface area contributed by atoms with E-state index in [4.69, 9.17) is 0 Å². The summed E-state index contributed by atoms with van der Waals surface area (Å²) in [5.74, 6) is -0.613. The molecule has 0 radical (unpaired) electrons. The molecular weight excluding hydrogens is 292 g/mol. The zero-order valence-electron chi connectivity index (χ0n) is 12.7. The molecule has 3 rings (SSSR count). The Kier molecular flexibility index (Phi) is 3.93. The number of amides is 3. The van der Waals surface area contributed by atoms with Crippen LogP contribution in [0, 0.1) is 0 Å². The van der Waals surface area contributed by atoms with Crippen LogP contribution in [0.15, 0.2) is 60.7 Å². The molecule has 23 heavy (non-hydrogen) atoms. The first kappa shape index (κ1) is 15.0. The van der Waals surface area contributed by atoms with Crippen LogP contribution in [0.3, 0.4) is 0 Å². The van der Waals surface area contributed by atoms with Gasteiger partial charge < -0.3 is 0 Å². The Labute approximate surface area is 134 Å². The molecule has 1 aliphatic rings. The summed E-state index contributed by atoms with van der Waals surface area (Å²) in [5, 5.41) is 0. The third kappa shape index (κ3) is 2.73. The summed E-state index contributed by atoms with van der Waals surface area (Å²) in [4.78, 5) is 39.7. The van der Waals surface area contributed by atoms with Gasteiger partial charge in [-0.3, -0.25) is 19.4 Å². The summed E-state index contributed by atoms with van der Waals surface area (Å²) in [6.07, 6.45) is 0. The molecule has 0 bridgehead atoms. The van der Waals surface area contributed by atoms with E-state index in [0.717, 1.165) is 4.90 Å². The predicted molar refractivity (Wildman–Crippen MR) is 86.3 cm³/mol. The van der Waals surface area contributed by atoms with E-state index >= 15 is 0 Å². The highest BCUT2D eigenvalue weighted by atomic mass is 16.2. The van der Waals surface area contributed by atoms with Gasteiger partial charge in [-0.05, 0) is 19.1 Å². The maximum absolute atomic E-state index is 12.6. The predicted octanol–water partition coefficient (Wildman–Crippen LogP) is 2.73. The van der Waals surface area contributed by atoms with Crippen molar-refractivity contribution in [3.8, 4) is 0 Å². The van der Waals surface area contributed by atoms with Crippen molar-refractivity contribution >= 4 is 23.4 Å². The van der Waals surface area contributed by atoms with Gasteiger partial charge in [0.15, 0.2) is 5.78 Å². The van der Waals surface area contributed by atoms with Crippen LogP contribution in [0.25, 0.3) is 0 Å². The Morgan fingerprint density at radius 2 is 1.52 bits per heavy atom. The third-order valence-corrected chi connectivity index (χ3v) is 3.88. The number of carbonyl (C=O) groups is 3. The normalized spacial score (nSPS) is 17.7. The number of urea groups is 1. The average molecular weight is 308 g/mol. The minimum atomic E-state index is -0.617. The van der Waals surface area contributed by atoms with Crippen LogP contribution in [-0.2, 0) is 4.79 Å². The number of para-hydroxylation sites is 1. The highest BCUT2D eigenvalue weighted by molar-refractivity contribution is 6.16. The topological polar surface area (TPSA) is 57.7 Å². The fraction of sp³-hybridized carbons (Fsp3) is 0.167. The number of ketones is 1. The molecule has 5 nitrogen and oxygen atoms in total. The molecular formula is C18H16N2O3. The second-order valence-corrected chi connectivity index (χ2v) is 5.38. The van der Waals surface area contributed by atoms with Gasteiger partial charge in [0.2, 0.25) is 0 Å². The van der Waals surface area contributed by atoms with Crippen molar-refractivity contribution in [2.45, 2.75) is 13.0 Å². The van der Waals surface area contributed by atoms with Crippen LogP contribution in [0.1, 0.15) is 17.3 Å². The molecule has 2 aromatic carbocycles. The van der Waals surface area contributed by atoms with Crippen LogP contribution >= 0.6 is 0 Å². The maximum Gasteiger partial charge on any atom is 0.332 e. The monoisotopic (exact) mass is 308 g/mol. The molecule has 0 unspecified atom stereocenters. The molecule has 116 valence electrons. The SMILES string of the molecule is C[C@@H]1C(=O)N(CC(=O)c2ccccc2)C(=O)N1c1ccccc1. The summed E-state index contributed by atoms with van der Waals surface area (Å²) < 4.78 is 0. The van der Waals surface area contributed by atoms with E-state index in [0.29, 0.717) is 11.3 Å². The second-order valence-electron chi connectivity index (χ2n) is 5.38. The minimum absolute atomic E-state index is 0.241. The van der Waals surface area contributed by atoms with Crippen LogP contribution in [0.5, 0.6) is 0 Å². The van der Waals surface area contributed by atoms with E-state index < -0.39 is 12.1 Å². The van der Waals surface area contributed by atoms with Crippen LogP contribution < -0.4 is 4.90 Å². The Morgan fingerprint density at radius 1 is 0.957 bits per heavy atom. The van der Waals surface area contributed by atoms with Gasteiger partial charge in [0.1, 0.15) is 6.04 Å². The Morgan fingerprint density at radius 3 is 2.13 bits per heavy atom. The number of benzene rings is 2. The van der Waals surface area contributed by atoms with Crippen molar-refractivity contribution in [2.75, 3.05) is 11.4 Å². The minimum Gasteiger partial charge on any atom is -0.292 e. The molecule has 1 aliphatic heterocycles. The lowest BCUT2D eigenvalue weighted by atomic mass is 10.1. The summed E-state index contributed by atoms with van der Waals surface area (Å²) in [6, 6.07) is 16.6. The maximum atomic E-state index is 12.6. The number of imide groups is 1. The molecule has 1 atom stereocenters. The first-order chi connectivity index (χ1) is 11.1. The summed E-state index contributed by atoms with van der Waals surface area (Å²) in [7, 11) is 0. The Hall–Kier alpha value is -2.95. The van der Waals surface area contributed by atoms with Gasteiger partial charge in [0.25, 0.3) is 5.91 Å². The van der Waals surface area contributed by atoms with Gasteiger partial charge in [-0.1, -0.05) is 48.5 Å². The summed E-state index contributed by atoms with van der Waals surface area (Å²) >= 11 is 0. The number of anilines is 1. The van der Waals surface area contributed by atoms with Gasteiger partial charge >= 0.3 is 6.03 Å². The van der Waals surface area contributed by atoms with Gasteiger partial charge in [-0.15, -0.1) is 0 Å². The average Bonchev–Trinajstić information content (AvgIpc) is 2.80. The van der Waals surface area contributed by atoms with Crippen LogP contribution in [-0.4, -0.2) is 35.2 Å². The summed E-state index contributed by atoms with van der Waals surface area (Å²) in [6.45, 7) is 1.43. The largest absolute Gasteiger partial charge is 0.332 e. The van der Waals surface area contributed by atoms with E-state index in [9.17, 15) is 14.4 Å². The number of carbonyl (C=O) groups excluding carboxylic acids is 3. The zero-order valence-corrected chi connectivity index (χ0v) is 12.7. The van der Waals surface area contributed by atoms with E-state index in [-0.39, 0.29) is 18.2 Å². The van der Waals surface area contributed by atoms with Gasteiger partial charge in [0.05, 0.1) is 6.54 Å². The lowest BCUT2D eigenvalue weighted by molar-refractivity contribution is -0.126.